The van der Waals surface area contributed by atoms with Gasteiger partial charge in [0.25, 0.3) is 0 Å². The summed E-state index contributed by atoms with van der Waals surface area (Å²) in [5.41, 5.74) is 1.73. The van der Waals surface area contributed by atoms with Crippen LogP contribution < -0.4 is 10.1 Å². The molecule has 1 heterocycles. The topological polar surface area (TPSA) is 85.4 Å². The molecule has 3 rings (SSSR count). The smallest absolute Gasteiger partial charge is 0.226 e. The zero-order chi connectivity index (χ0) is 20.3. The van der Waals surface area contributed by atoms with Crippen LogP contribution in [0.15, 0.2) is 41.3 Å². The first-order valence-electron chi connectivity index (χ1n) is 8.52. The Bertz CT molecular complexity index is 1110. The Kier molecular flexibility index (Phi) is 6.22. The lowest BCUT2D eigenvalue weighted by molar-refractivity contribution is -0.116. The molecule has 1 N–H and O–H groups in total. The third-order valence-corrected chi connectivity index (χ3v) is 7.08. The van der Waals surface area contributed by atoms with Gasteiger partial charge in [0, 0.05) is 11.4 Å². The maximum atomic E-state index is 12.4. The highest BCUT2D eigenvalue weighted by molar-refractivity contribution is 7.91. The SMILES string of the molecule is COc1ccc(S(=O)(=O)CCCC(=O)Nc2nc3c(C)cc(Cl)cc3s2)cc1. The predicted octanol–water partition coefficient (Wildman–Crippen LogP) is 4.46. The highest BCUT2D eigenvalue weighted by atomic mass is 35.5. The van der Waals surface area contributed by atoms with Crippen molar-refractivity contribution < 1.29 is 17.9 Å². The molecule has 1 amide bonds. The van der Waals surface area contributed by atoms with Gasteiger partial charge in [0.05, 0.1) is 28.0 Å². The zero-order valence-corrected chi connectivity index (χ0v) is 17.7. The Hall–Kier alpha value is -2.16. The van der Waals surface area contributed by atoms with Gasteiger partial charge < -0.3 is 10.1 Å². The van der Waals surface area contributed by atoms with E-state index in [1.807, 2.05) is 13.0 Å². The molecule has 0 saturated carbocycles. The second-order valence-corrected chi connectivity index (χ2v) is 9.81. The summed E-state index contributed by atoms with van der Waals surface area (Å²) in [5, 5.41) is 3.83. The van der Waals surface area contributed by atoms with Crippen LogP contribution in [0.1, 0.15) is 18.4 Å². The van der Waals surface area contributed by atoms with E-state index in [2.05, 4.69) is 10.3 Å². The van der Waals surface area contributed by atoms with Crippen molar-refractivity contribution in [3.05, 3.63) is 47.0 Å². The minimum absolute atomic E-state index is 0.0883. The van der Waals surface area contributed by atoms with Crippen LogP contribution in [0.2, 0.25) is 5.02 Å². The summed E-state index contributed by atoms with van der Waals surface area (Å²) in [6.07, 6.45) is 0.307. The van der Waals surface area contributed by atoms with Crippen LogP contribution in [0.3, 0.4) is 0 Å². The number of anilines is 1. The normalized spacial score (nSPS) is 11.5. The van der Waals surface area contributed by atoms with Gasteiger partial charge in [-0.3, -0.25) is 4.79 Å². The lowest BCUT2D eigenvalue weighted by atomic mass is 10.2. The van der Waals surface area contributed by atoms with Crippen LogP contribution in [-0.2, 0) is 14.6 Å². The minimum Gasteiger partial charge on any atom is -0.497 e. The van der Waals surface area contributed by atoms with E-state index in [1.54, 1.807) is 18.2 Å². The lowest BCUT2D eigenvalue weighted by Gasteiger charge is -2.06. The number of nitrogens with one attached hydrogen (secondary N) is 1. The number of aromatic nitrogens is 1. The molecule has 2 aromatic carbocycles. The molecule has 0 aliphatic rings. The van der Waals surface area contributed by atoms with Crippen molar-refractivity contribution in [3.63, 3.8) is 0 Å². The Labute approximate surface area is 172 Å². The number of thiazole rings is 1. The monoisotopic (exact) mass is 438 g/mol. The molecule has 0 aliphatic heterocycles. The molecule has 148 valence electrons. The Morgan fingerprint density at radius 3 is 2.64 bits per heavy atom. The van der Waals surface area contributed by atoms with Gasteiger partial charge in [0.2, 0.25) is 5.91 Å². The van der Waals surface area contributed by atoms with Crippen molar-refractivity contribution in [2.45, 2.75) is 24.7 Å². The van der Waals surface area contributed by atoms with Crippen molar-refractivity contribution in [1.82, 2.24) is 4.98 Å². The van der Waals surface area contributed by atoms with E-state index in [9.17, 15) is 13.2 Å². The lowest BCUT2D eigenvalue weighted by Crippen LogP contribution is -2.14. The Balaban J connectivity index is 1.57. The van der Waals surface area contributed by atoms with Crippen LogP contribution in [0.5, 0.6) is 5.75 Å². The third kappa shape index (κ3) is 4.81. The summed E-state index contributed by atoms with van der Waals surface area (Å²) >= 11 is 7.38. The number of benzene rings is 2. The fourth-order valence-electron chi connectivity index (χ4n) is 2.71. The number of nitrogens with zero attached hydrogens (tertiary/aromatic N) is 1. The summed E-state index contributed by atoms with van der Waals surface area (Å²) in [6.45, 7) is 1.91. The van der Waals surface area contributed by atoms with Crippen LogP contribution in [0, 0.1) is 6.92 Å². The first-order valence-corrected chi connectivity index (χ1v) is 11.4. The molecular weight excluding hydrogens is 420 g/mol. The molecule has 0 atom stereocenters. The molecule has 1 aromatic heterocycles. The number of ether oxygens (including phenoxy) is 1. The molecule has 0 fully saturated rings. The number of aryl methyl sites for hydroxylation is 1. The molecule has 0 aliphatic carbocycles. The molecule has 0 bridgehead atoms. The van der Waals surface area contributed by atoms with Crippen molar-refractivity contribution in [2.75, 3.05) is 18.2 Å². The highest BCUT2D eigenvalue weighted by Gasteiger charge is 2.16. The third-order valence-electron chi connectivity index (χ3n) is 4.13. The standard InChI is InChI=1S/C19H19ClN2O4S2/c1-12-10-13(20)11-16-18(12)22-19(27-16)21-17(23)4-3-9-28(24,25)15-7-5-14(26-2)6-8-15/h5-8,10-11H,3-4,9H2,1-2H3,(H,21,22,23). The van der Waals surface area contributed by atoms with Crippen LogP contribution in [0.4, 0.5) is 5.13 Å². The molecular formula is C19H19ClN2O4S2. The summed E-state index contributed by atoms with van der Waals surface area (Å²) < 4.78 is 30.6. The van der Waals surface area contributed by atoms with Gasteiger partial charge in [-0.05, 0) is 55.3 Å². The fourth-order valence-corrected chi connectivity index (χ4v) is 5.36. The number of amides is 1. The predicted molar refractivity (Wildman–Crippen MR) is 112 cm³/mol. The van der Waals surface area contributed by atoms with Gasteiger partial charge >= 0.3 is 0 Å². The average Bonchev–Trinajstić information content (AvgIpc) is 3.04. The molecule has 0 spiro atoms. The highest BCUT2D eigenvalue weighted by Crippen LogP contribution is 2.31. The summed E-state index contributed by atoms with van der Waals surface area (Å²) in [5.74, 6) is 0.208. The van der Waals surface area contributed by atoms with E-state index in [4.69, 9.17) is 16.3 Å². The van der Waals surface area contributed by atoms with Gasteiger partial charge in [0.1, 0.15) is 5.75 Å². The van der Waals surface area contributed by atoms with Crippen molar-refractivity contribution in [3.8, 4) is 5.75 Å². The van der Waals surface area contributed by atoms with Gasteiger partial charge in [0.15, 0.2) is 15.0 Å². The fraction of sp³-hybridized carbons (Fsp3) is 0.263. The first-order chi connectivity index (χ1) is 13.3. The van der Waals surface area contributed by atoms with Crippen molar-refractivity contribution in [2.24, 2.45) is 0 Å². The van der Waals surface area contributed by atoms with Crippen molar-refractivity contribution in [1.29, 1.82) is 0 Å². The maximum Gasteiger partial charge on any atom is 0.226 e. The molecule has 9 heteroatoms. The summed E-state index contributed by atoms with van der Waals surface area (Å²) in [4.78, 5) is 16.8. The number of rotatable bonds is 7. The van der Waals surface area contributed by atoms with Crippen LogP contribution in [0.25, 0.3) is 10.2 Å². The van der Waals surface area contributed by atoms with E-state index in [0.29, 0.717) is 15.9 Å². The molecule has 0 radical (unpaired) electrons. The van der Waals surface area contributed by atoms with E-state index < -0.39 is 9.84 Å². The quantitative estimate of drug-likeness (QED) is 0.588. The average molecular weight is 439 g/mol. The zero-order valence-electron chi connectivity index (χ0n) is 15.4. The second-order valence-electron chi connectivity index (χ2n) is 6.23. The summed E-state index contributed by atoms with van der Waals surface area (Å²) in [6, 6.07) is 9.82. The van der Waals surface area contributed by atoms with Gasteiger partial charge in [-0.2, -0.15) is 0 Å². The number of methoxy groups -OCH3 is 1. The van der Waals surface area contributed by atoms with Crippen LogP contribution >= 0.6 is 22.9 Å². The van der Waals surface area contributed by atoms with Crippen molar-refractivity contribution >= 4 is 54.0 Å². The molecule has 28 heavy (non-hydrogen) atoms. The number of fused-ring (bicyclic) bond motifs is 1. The van der Waals surface area contributed by atoms with E-state index in [1.165, 1.54) is 30.6 Å². The number of halogens is 1. The summed E-state index contributed by atoms with van der Waals surface area (Å²) in [7, 11) is -1.93. The van der Waals surface area contributed by atoms with Gasteiger partial charge in [-0.25, -0.2) is 13.4 Å². The Morgan fingerprint density at radius 1 is 1.25 bits per heavy atom. The number of sulfone groups is 1. The first kappa shape index (κ1) is 20.6. The van der Waals surface area contributed by atoms with Gasteiger partial charge in [-0.1, -0.05) is 22.9 Å². The molecule has 0 saturated heterocycles. The Morgan fingerprint density at radius 2 is 1.96 bits per heavy atom. The molecule has 3 aromatic rings. The molecule has 0 unspecified atom stereocenters. The largest absolute Gasteiger partial charge is 0.497 e. The maximum absolute atomic E-state index is 12.4. The number of carbonyl (C=O) groups excluding carboxylic acids is 1. The second kappa shape index (κ2) is 8.46. The van der Waals surface area contributed by atoms with Crippen LogP contribution in [-0.4, -0.2) is 32.2 Å². The van der Waals surface area contributed by atoms with E-state index in [0.717, 1.165) is 15.8 Å². The van der Waals surface area contributed by atoms with E-state index in [-0.39, 0.29) is 29.4 Å². The number of carbonyl (C=O) groups is 1. The minimum atomic E-state index is -3.45. The number of hydrogen-bond acceptors (Lipinski definition) is 6. The molecule has 6 nitrogen and oxygen atoms in total. The van der Waals surface area contributed by atoms with Gasteiger partial charge in [-0.15, -0.1) is 0 Å². The number of hydrogen-bond donors (Lipinski definition) is 1. The van der Waals surface area contributed by atoms with E-state index >= 15 is 0 Å².